The molecule has 0 aromatic heterocycles. The lowest BCUT2D eigenvalue weighted by Gasteiger charge is -2.28. The largest absolute Gasteiger partial charge is 0.398 e. The molecule has 4 nitrogen and oxygen atoms in total. The topological polar surface area (TPSA) is 63.4 Å². The summed E-state index contributed by atoms with van der Waals surface area (Å²) >= 11 is 0. The third kappa shape index (κ3) is 2.50. The molecular formula is C13H15FN2O2. The zero-order valence-electron chi connectivity index (χ0n) is 10.1. The average Bonchev–Trinajstić information content (AvgIpc) is 2.28. The summed E-state index contributed by atoms with van der Waals surface area (Å²) in [6, 6.07) is 3.95. The van der Waals surface area contributed by atoms with Gasteiger partial charge in [-0.05, 0) is 29.7 Å². The molecule has 0 saturated carbocycles. The van der Waals surface area contributed by atoms with Crippen LogP contribution in [-0.2, 0) is 16.1 Å². The Morgan fingerprint density at radius 1 is 1.33 bits per heavy atom. The van der Waals surface area contributed by atoms with E-state index in [1.54, 1.807) is 0 Å². The first-order chi connectivity index (χ1) is 8.47. The van der Waals surface area contributed by atoms with Crippen molar-refractivity contribution in [3.8, 4) is 0 Å². The van der Waals surface area contributed by atoms with E-state index in [2.05, 4.69) is 0 Å². The third-order valence-corrected chi connectivity index (χ3v) is 3.08. The van der Waals surface area contributed by atoms with Crippen LogP contribution in [0.2, 0.25) is 0 Å². The summed E-state index contributed by atoms with van der Waals surface area (Å²) in [7, 11) is 0. The summed E-state index contributed by atoms with van der Waals surface area (Å²) in [5.74, 6) is -0.791. The summed E-state index contributed by atoms with van der Waals surface area (Å²) in [5.41, 5.74) is 6.56. The molecule has 0 aliphatic carbocycles. The summed E-state index contributed by atoms with van der Waals surface area (Å²) < 4.78 is 13.1. The van der Waals surface area contributed by atoms with Gasteiger partial charge in [-0.15, -0.1) is 0 Å². The Labute approximate surface area is 105 Å². The van der Waals surface area contributed by atoms with Crippen molar-refractivity contribution in [3.05, 3.63) is 29.6 Å². The first-order valence-corrected chi connectivity index (χ1v) is 5.84. The van der Waals surface area contributed by atoms with Crippen LogP contribution in [0.5, 0.6) is 0 Å². The summed E-state index contributed by atoms with van der Waals surface area (Å²) in [4.78, 5) is 24.7. The molecule has 1 aliphatic rings. The van der Waals surface area contributed by atoms with Crippen molar-refractivity contribution in [2.45, 2.75) is 26.3 Å². The highest BCUT2D eigenvalue weighted by Gasteiger charge is 2.30. The minimum absolute atomic E-state index is 0.0496. The maximum atomic E-state index is 13.1. The number of hydrogen-bond donors (Lipinski definition) is 1. The quantitative estimate of drug-likeness (QED) is 0.641. The highest BCUT2D eigenvalue weighted by atomic mass is 19.1. The van der Waals surface area contributed by atoms with Crippen molar-refractivity contribution in [1.82, 2.24) is 4.90 Å². The maximum Gasteiger partial charge on any atom is 0.229 e. The second-order valence-electron chi connectivity index (χ2n) is 4.73. The van der Waals surface area contributed by atoms with Gasteiger partial charge >= 0.3 is 0 Å². The van der Waals surface area contributed by atoms with Crippen molar-refractivity contribution in [2.75, 3.05) is 5.73 Å². The number of nitrogens with zero attached hydrogens (tertiary/aromatic N) is 1. The van der Waals surface area contributed by atoms with Crippen LogP contribution >= 0.6 is 0 Å². The van der Waals surface area contributed by atoms with Crippen LogP contribution in [0, 0.1) is 11.7 Å². The molecule has 1 aromatic carbocycles. The van der Waals surface area contributed by atoms with Gasteiger partial charge in [0, 0.05) is 18.5 Å². The van der Waals surface area contributed by atoms with Gasteiger partial charge in [0.2, 0.25) is 11.8 Å². The molecule has 2 amide bonds. The van der Waals surface area contributed by atoms with Crippen molar-refractivity contribution in [2.24, 2.45) is 5.92 Å². The molecule has 2 N–H and O–H groups in total. The molecule has 0 bridgehead atoms. The average molecular weight is 250 g/mol. The van der Waals surface area contributed by atoms with E-state index in [4.69, 9.17) is 5.73 Å². The fourth-order valence-corrected chi connectivity index (χ4v) is 2.09. The molecule has 1 saturated heterocycles. The Balaban J connectivity index is 2.20. The summed E-state index contributed by atoms with van der Waals surface area (Å²) in [5, 5.41) is 0. The van der Waals surface area contributed by atoms with Gasteiger partial charge in [0.15, 0.2) is 0 Å². The lowest BCUT2D eigenvalue weighted by atomic mass is 9.97. The Bertz CT molecular complexity index is 484. The van der Waals surface area contributed by atoms with Gasteiger partial charge in [0.05, 0.1) is 6.54 Å². The van der Waals surface area contributed by atoms with Crippen LogP contribution in [0.25, 0.3) is 0 Å². The number of carbonyl (C=O) groups is 2. The zero-order valence-corrected chi connectivity index (χ0v) is 10.1. The third-order valence-electron chi connectivity index (χ3n) is 3.08. The Hall–Kier alpha value is -1.91. The number of likely N-dealkylation sites (tertiary alicyclic amines) is 1. The Morgan fingerprint density at radius 3 is 2.56 bits per heavy atom. The molecule has 1 heterocycles. The van der Waals surface area contributed by atoms with E-state index in [1.807, 2.05) is 6.92 Å². The molecule has 96 valence electrons. The van der Waals surface area contributed by atoms with Crippen molar-refractivity contribution in [3.63, 3.8) is 0 Å². The molecule has 0 unspecified atom stereocenters. The van der Waals surface area contributed by atoms with Gasteiger partial charge < -0.3 is 5.73 Å². The van der Waals surface area contributed by atoms with E-state index in [1.165, 1.54) is 18.2 Å². The number of amides is 2. The van der Waals surface area contributed by atoms with E-state index < -0.39 is 5.82 Å². The molecule has 1 fully saturated rings. The van der Waals surface area contributed by atoms with Gasteiger partial charge in [-0.2, -0.15) is 0 Å². The predicted molar refractivity (Wildman–Crippen MR) is 64.8 cm³/mol. The molecular weight excluding hydrogens is 235 g/mol. The zero-order chi connectivity index (χ0) is 13.3. The van der Waals surface area contributed by atoms with Crippen molar-refractivity contribution >= 4 is 17.5 Å². The maximum absolute atomic E-state index is 13.1. The number of rotatable bonds is 2. The van der Waals surface area contributed by atoms with E-state index in [0.29, 0.717) is 24.1 Å². The molecule has 2 rings (SSSR count). The van der Waals surface area contributed by atoms with E-state index in [0.717, 1.165) is 4.90 Å². The molecule has 0 spiro atoms. The second-order valence-corrected chi connectivity index (χ2v) is 4.73. The van der Waals surface area contributed by atoms with Crippen LogP contribution in [-0.4, -0.2) is 16.7 Å². The van der Waals surface area contributed by atoms with Crippen LogP contribution in [0.1, 0.15) is 25.3 Å². The van der Waals surface area contributed by atoms with Gasteiger partial charge in [-0.3, -0.25) is 14.5 Å². The van der Waals surface area contributed by atoms with E-state index in [9.17, 15) is 14.0 Å². The highest BCUT2D eigenvalue weighted by molar-refractivity contribution is 5.97. The molecule has 18 heavy (non-hydrogen) atoms. The number of hydrogen-bond acceptors (Lipinski definition) is 3. The normalized spacial score (nSPS) is 17.3. The molecule has 0 radical (unpaired) electrons. The Morgan fingerprint density at radius 2 is 1.94 bits per heavy atom. The fourth-order valence-electron chi connectivity index (χ4n) is 2.09. The van der Waals surface area contributed by atoms with Gasteiger partial charge in [-0.1, -0.05) is 6.92 Å². The Kier molecular flexibility index (Phi) is 3.32. The lowest BCUT2D eigenvalue weighted by molar-refractivity contribution is -0.150. The van der Waals surface area contributed by atoms with E-state index >= 15 is 0 Å². The number of nitrogens with two attached hydrogens (primary N) is 1. The van der Waals surface area contributed by atoms with Crippen molar-refractivity contribution < 1.29 is 14.0 Å². The SMILES string of the molecule is CC1CC(=O)N(Cc2cc(F)ccc2N)C(=O)C1. The number of anilines is 1. The number of piperidine rings is 1. The van der Waals surface area contributed by atoms with Crippen molar-refractivity contribution in [1.29, 1.82) is 0 Å². The smallest absolute Gasteiger partial charge is 0.229 e. The minimum atomic E-state index is -0.426. The number of benzene rings is 1. The second kappa shape index (κ2) is 4.76. The van der Waals surface area contributed by atoms with Crippen LogP contribution < -0.4 is 5.73 Å². The number of imide groups is 1. The standard InChI is InChI=1S/C13H15FN2O2/c1-8-4-12(17)16(13(18)5-8)7-9-6-10(14)2-3-11(9)15/h2-3,6,8H,4-5,7,15H2,1H3. The van der Waals surface area contributed by atoms with Crippen LogP contribution in [0.15, 0.2) is 18.2 Å². The van der Waals surface area contributed by atoms with Gasteiger partial charge in [-0.25, -0.2) is 4.39 Å². The molecule has 0 atom stereocenters. The first-order valence-electron chi connectivity index (χ1n) is 5.84. The highest BCUT2D eigenvalue weighted by Crippen LogP contribution is 2.23. The number of carbonyl (C=O) groups excluding carboxylic acids is 2. The van der Waals surface area contributed by atoms with Gasteiger partial charge in [0.25, 0.3) is 0 Å². The van der Waals surface area contributed by atoms with Crippen LogP contribution in [0.4, 0.5) is 10.1 Å². The monoisotopic (exact) mass is 250 g/mol. The number of halogens is 1. The molecule has 5 heteroatoms. The molecule has 1 aliphatic heterocycles. The van der Waals surface area contributed by atoms with Crippen LogP contribution in [0.3, 0.4) is 0 Å². The van der Waals surface area contributed by atoms with Gasteiger partial charge in [0.1, 0.15) is 5.82 Å². The molecule has 1 aromatic rings. The first kappa shape index (κ1) is 12.5. The summed E-state index contributed by atoms with van der Waals surface area (Å²) in [6.07, 6.45) is 0.696. The fraction of sp³-hybridized carbons (Fsp3) is 0.385. The van der Waals surface area contributed by atoms with E-state index in [-0.39, 0.29) is 24.3 Å². The minimum Gasteiger partial charge on any atom is -0.398 e. The lowest BCUT2D eigenvalue weighted by Crippen LogP contribution is -2.42. The predicted octanol–water partition coefficient (Wildman–Crippen LogP) is 1.69. The number of nitrogen functional groups attached to an aromatic ring is 1. The summed E-state index contributed by atoms with van der Waals surface area (Å²) in [6.45, 7) is 1.91.